The number of aromatic nitrogens is 1. The molecule has 1 aromatic heterocycles. The van der Waals surface area contributed by atoms with Crippen LogP contribution in [0.3, 0.4) is 0 Å². The van der Waals surface area contributed by atoms with E-state index in [1.165, 1.54) is 92.8 Å². The molecule has 0 saturated heterocycles. The summed E-state index contributed by atoms with van der Waals surface area (Å²) >= 11 is 0. The van der Waals surface area contributed by atoms with Gasteiger partial charge in [-0.3, -0.25) is 0 Å². The zero-order chi connectivity index (χ0) is 35.3. The van der Waals surface area contributed by atoms with E-state index in [-0.39, 0.29) is 0 Å². The maximum atomic E-state index is 2.49. The van der Waals surface area contributed by atoms with Crippen LogP contribution in [-0.4, -0.2) is 4.57 Å². The van der Waals surface area contributed by atoms with Crippen LogP contribution in [0.2, 0.25) is 0 Å². The van der Waals surface area contributed by atoms with E-state index in [1.54, 1.807) is 0 Å². The van der Waals surface area contributed by atoms with Gasteiger partial charge < -0.3 is 9.47 Å². The highest BCUT2D eigenvalue weighted by molar-refractivity contribution is 6.26. The van der Waals surface area contributed by atoms with Gasteiger partial charge in [0, 0.05) is 33.4 Å². The van der Waals surface area contributed by atoms with Gasteiger partial charge in [-0.1, -0.05) is 133 Å². The van der Waals surface area contributed by atoms with Gasteiger partial charge in [-0.25, -0.2) is 0 Å². The summed E-state index contributed by atoms with van der Waals surface area (Å²) < 4.78 is 2.42. The molecule has 0 fully saturated rings. The first kappa shape index (κ1) is 29.4. The molecule has 12 rings (SSSR count). The molecule has 0 bridgehead atoms. The summed E-state index contributed by atoms with van der Waals surface area (Å²) in [5.74, 6) is 0. The molecule has 0 amide bonds. The second-order valence-corrected chi connectivity index (χ2v) is 14.5. The molecular formula is C52H32N2. The first-order valence-corrected chi connectivity index (χ1v) is 18.7. The Morgan fingerprint density at radius 3 is 1.80 bits per heavy atom. The lowest BCUT2D eigenvalue weighted by molar-refractivity contribution is 1.18. The molecule has 250 valence electrons. The molecule has 2 nitrogen and oxygen atoms in total. The molecule has 0 aliphatic heterocycles. The van der Waals surface area contributed by atoms with Crippen molar-refractivity contribution in [1.82, 2.24) is 4.57 Å². The van der Waals surface area contributed by atoms with E-state index in [0.29, 0.717) is 0 Å². The number of benzene rings is 10. The van der Waals surface area contributed by atoms with Gasteiger partial charge in [0.1, 0.15) is 0 Å². The summed E-state index contributed by atoms with van der Waals surface area (Å²) in [6, 6.07) is 71.6. The molecule has 11 aromatic rings. The standard InChI is InChI=1S/C52H32N2/c1-3-13-35-30-39(25-23-33(35)11-1)53(49-22-10-20-45-51(49)44-19-9-16-38-29-37-15-5-6-17-42(37)52(45)50(38)44)41-27-28-48-46(32-41)43-18-7-8-21-47(43)54(48)40-26-24-34-12-2-4-14-36(34)31-40/h1-32H. The molecular weight excluding hydrogens is 653 g/mol. The van der Waals surface area contributed by atoms with Gasteiger partial charge in [0.25, 0.3) is 0 Å². The number of anilines is 3. The van der Waals surface area contributed by atoms with Crippen LogP contribution < -0.4 is 4.90 Å². The Morgan fingerprint density at radius 1 is 0.333 bits per heavy atom. The molecule has 0 radical (unpaired) electrons. The quantitative estimate of drug-likeness (QED) is 0.168. The third-order valence-electron chi connectivity index (χ3n) is 11.6. The van der Waals surface area contributed by atoms with Crippen molar-refractivity contribution in [1.29, 1.82) is 0 Å². The van der Waals surface area contributed by atoms with E-state index >= 15 is 0 Å². The lowest BCUT2D eigenvalue weighted by atomic mass is 9.96. The predicted octanol–water partition coefficient (Wildman–Crippen LogP) is 14.5. The monoisotopic (exact) mass is 684 g/mol. The zero-order valence-electron chi connectivity index (χ0n) is 29.4. The van der Waals surface area contributed by atoms with Crippen molar-refractivity contribution in [2.75, 3.05) is 4.90 Å². The van der Waals surface area contributed by atoms with Crippen molar-refractivity contribution >= 4 is 82.0 Å². The zero-order valence-corrected chi connectivity index (χ0v) is 29.4. The van der Waals surface area contributed by atoms with Gasteiger partial charge in [-0.05, 0) is 120 Å². The molecule has 1 aliphatic carbocycles. The van der Waals surface area contributed by atoms with E-state index < -0.39 is 0 Å². The molecule has 1 heterocycles. The van der Waals surface area contributed by atoms with Crippen molar-refractivity contribution in [2.45, 2.75) is 0 Å². The third kappa shape index (κ3) is 4.17. The fourth-order valence-electron chi connectivity index (χ4n) is 9.27. The fraction of sp³-hybridized carbons (Fsp3) is 0. The second-order valence-electron chi connectivity index (χ2n) is 14.5. The molecule has 0 unspecified atom stereocenters. The van der Waals surface area contributed by atoms with Crippen molar-refractivity contribution in [3.8, 4) is 27.9 Å². The van der Waals surface area contributed by atoms with Crippen molar-refractivity contribution < 1.29 is 0 Å². The van der Waals surface area contributed by atoms with Crippen molar-refractivity contribution in [2.24, 2.45) is 0 Å². The van der Waals surface area contributed by atoms with Gasteiger partial charge in [-0.15, -0.1) is 0 Å². The highest BCUT2D eigenvalue weighted by atomic mass is 15.1. The van der Waals surface area contributed by atoms with Crippen LogP contribution >= 0.6 is 0 Å². The topological polar surface area (TPSA) is 8.17 Å². The summed E-state index contributed by atoms with van der Waals surface area (Å²) in [7, 11) is 0. The van der Waals surface area contributed by atoms with E-state index in [2.05, 4.69) is 204 Å². The van der Waals surface area contributed by atoms with Crippen LogP contribution in [0.5, 0.6) is 0 Å². The van der Waals surface area contributed by atoms with Crippen LogP contribution in [0, 0.1) is 0 Å². The first-order valence-electron chi connectivity index (χ1n) is 18.7. The van der Waals surface area contributed by atoms with Gasteiger partial charge in [0.05, 0.1) is 16.7 Å². The number of hydrogen-bond donors (Lipinski definition) is 0. The Morgan fingerprint density at radius 2 is 0.944 bits per heavy atom. The minimum atomic E-state index is 1.13. The van der Waals surface area contributed by atoms with E-state index in [0.717, 1.165) is 17.1 Å². The molecule has 2 heteroatoms. The fourth-order valence-corrected chi connectivity index (χ4v) is 9.27. The SMILES string of the molecule is c1cc2c(c(N(c3ccc4ccccc4c3)c3ccc4c(c3)c3ccccc3n4-c3ccc4ccccc4c3)c1)-c1cccc3cc4ccccc4c-2c13. The van der Waals surface area contributed by atoms with E-state index in [9.17, 15) is 0 Å². The average molecular weight is 685 g/mol. The Kier molecular flexibility index (Phi) is 6.09. The molecule has 0 spiro atoms. The summed E-state index contributed by atoms with van der Waals surface area (Å²) in [5, 5.41) is 12.6. The molecule has 0 atom stereocenters. The summed E-state index contributed by atoms with van der Waals surface area (Å²) in [5.41, 5.74) is 12.2. The normalized spacial score (nSPS) is 12.1. The minimum absolute atomic E-state index is 1.13. The number of hydrogen-bond acceptors (Lipinski definition) is 1. The highest BCUT2D eigenvalue weighted by Crippen LogP contribution is 2.55. The van der Waals surface area contributed by atoms with Crippen LogP contribution in [0.1, 0.15) is 0 Å². The van der Waals surface area contributed by atoms with Gasteiger partial charge in [-0.2, -0.15) is 0 Å². The lowest BCUT2D eigenvalue weighted by Crippen LogP contribution is -2.11. The predicted molar refractivity (Wildman–Crippen MR) is 230 cm³/mol. The number of para-hydroxylation sites is 1. The van der Waals surface area contributed by atoms with Gasteiger partial charge >= 0.3 is 0 Å². The lowest BCUT2D eigenvalue weighted by Gasteiger charge is -2.28. The van der Waals surface area contributed by atoms with Gasteiger partial charge in [0.2, 0.25) is 0 Å². The Bertz CT molecular complexity index is 3350. The maximum absolute atomic E-state index is 2.49. The summed E-state index contributed by atoms with van der Waals surface area (Å²) in [4.78, 5) is 2.49. The number of nitrogens with zero attached hydrogens (tertiary/aromatic N) is 2. The van der Waals surface area contributed by atoms with E-state index in [1.807, 2.05) is 0 Å². The second kappa shape index (κ2) is 11.2. The molecule has 54 heavy (non-hydrogen) atoms. The Labute approximate surface area is 312 Å². The van der Waals surface area contributed by atoms with Crippen LogP contribution in [0.25, 0.3) is 92.8 Å². The largest absolute Gasteiger partial charge is 0.310 e. The van der Waals surface area contributed by atoms with E-state index in [4.69, 9.17) is 0 Å². The minimum Gasteiger partial charge on any atom is -0.310 e. The Balaban J connectivity index is 1.14. The van der Waals surface area contributed by atoms with Crippen LogP contribution in [0.15, 0.2) is 194 Å². The smallest absolute Gasteiger partial charge is 0.0546 e. The van der Waals surface area contributed by atoms with Crippen molar-refractivity contribution in [3.63, 3.8) is 0 Å². The van der Waals surface area contributed by atoms with Crippen molar-refractivity contribution in [3.05, 3.63) is 194 Å². The maximum Gasteiger partial charge on any atom is 0.0546 e. The van der Waals surface area contributed by atoms with Crippen LogP contribution in [0.4, 0.5) is 17.1 Å². The van der Waals surface area contributed by atoms with Crippen LogP contribution in [-0.2, 0) is 0 Å². The van der Waals surface area contributed by atoms with Gasteiger partial charge in [0.15, 0.2) is 0 Å². The number of fused-ring (bicyclic) bond motifs is 10. The molecule has 10 aromatic carbocycles. The highest BCUT2D eigenvalue weighted by Gasteiger charge is 2.29. The summed E-state index contributed by atoms with van der Waals surface area (Å²) in [6.07, 6.45) is 0. The molecule has 0 saturated carbocycles. The Hall–Kier alpha value is -7.16. The first-order chi connectivity index (χ1) is 26.8. The molecule has 0 N–H and O–H groups in total. The number of rotatable bonds is 4. The summed E-state index contributed by atoms with van der Waals surface area (Å²) in [6.45, 7) is 0. The third-order valence-corrected chi connectivity index (χ3v) is 11.6. The average Bonchev–Trinajstić information content (AvgIpc) is 3.75. The molecule has 1 aliphatic rings.